The monoisotopic (exact) mass is 265 g/mol. The fraction of sp³-hybridized carbons (Fsp3) is 0.417. The summed E-state index contributed by atoms with van der Waals surface area (Å²) in [6.07, 6.45) is 1.79. The number of nitrogens with one attached hydrogen (secondary N) is 1. The van der Waals surface area contributed by atoms with E-state index in [0.29, 0.717) is 11.6 Å². The summed E-state index contributed by atoms with van der Waals surface area (Å²) in [4.78, 5) is 8.83. The molecule has 2 aromatic rings. The van der Waals surface area contributed by atoms with Gasteiger partial charge in [0.1, 0.15) is 12.4 Å². The van der Waals surface area contributed by atoms with E-state index >= 15 is 0 Å². The van der Waals surface area contributed by atoms with Crippen LogP contribution in [0, 0.1) is 13.8 Å². The van der Waals surface area contributed by atoms with Crippen molar-refractivity contribution in [1.29, 1.82) is 0 Å². The summed E-state index contributed by atoms with van der Waals surface area (Å²) in [5.74, 6) is 1.57. The molecule has 0 aliphatic rings. The van der Waals surface area contributed by atoms with Crippen molar-refractivity contribution >= 4 is 17.4 Å². The van der Waals surface area contributed by atoms with Gasteiger partial charge in [0.15, 0.2) is 5.82 Å². The molecule has 2 aromatic heterocycles. The SMILES string of the molecule is CCNc1cc(C)nc(Cn2cc(Cl)c(C)n2)n1. The summed E-state index contributed by atoms with van der Waals surface area (Å²) >= 11 is 5.97. The van der Waals surface area contributed by atoms with Crippen molar-refractivity contribution in [3.63, 3.8) is 0 Å². The maximum atomic E-state index is 5.97. The van der Waals surface area contributed by atoms with Crippen LogP contribution in [-0.4, -0.2) is 26.3 Å². The van der Waals surface area contributed by atoms with E-state index < -0.39 is 0 Å². The lowest BCUT2D eigenvalue weighted by Gasteiger charge is -2.06. The van der Waals surface area contributed by atoms with Gasteiger partial charge in [-0.1, -0.05) is 11.6 Å². The Balaban J connectivity index is 2.22. The van der Waals surface area contributed by atoms with Crippen LogP contribution >= 0.6 is 11.6 Å². The molecule has 0 atom stereocenters. The molecule has 2 rings (SSSR count). The van der Waals surface area contributed by atoms with Crippen molar-refractivity contribution in [2.45, 2.75) is 27.3 Å². The summed E-state index contributed by atoms with van der Waals surface area (Å²) in [7, 11) is 0. The molecule has 0 amide bonds. The molecule has 0 fully saturated rings. The zero-order valence-corrected chi connectivity index (χ0v) is 11.5. The van der Waals surface area contributed by atoms with Gasteiger partial charge in [0.2, 0.25) is 0 Å². The van der Waals surface area contributed by atoms with Crippen molar-refractivity contribution < 1.29 is 0 Å². The average Bonchev–Trinajstić information content (AvgIpc) is 2.57. The molecule has 0 saturated carbocycles. The maximum Gasteiger partial charge on any atom is 0.152 e. The summed E-state index contributed by atoms with van der Waals surface area (Å²) in [5, 5.41) is 8.14. The van der Waals surface area contributed by atoms with Crippen molar-refractivity contribution in [2.75, 3.05) is 11.9 Å². The first-order chi connectivity index (χ1) is 8.58. The molecule has 96 valence electrons. The van der Waals surface area contributed by atoms with Gasteiger partial charge >= 0.3 is 0 Å². The van der Waals surface area contributed by atoms with Crippen LogP contribution in [0.2, 0.25) is 5.02 Å². The molecule has 1 N–H and O–H groups in total. The first-order valence-electron chi connectivity index (χ1n) is 5.86. The standard InChI is InChI=1S/C12H16ClN5/c1-4-14-11-5-8(2)15-12(16-11)7-18-6-10(13)9(3)17-18/h5-6H,4,7H2,1-3H3,(H,14,15,16). The van der Waals surface area contributed by atoms with Crippen LogP contribution in [0.5, 0.6) is 0 Å². The van der Waals surface area contributed by atoms with E-state index in [1.165, 1.54) is 0 Å². The van der Waals surface area contributed by atoms with Gasteiger partial charge in [0.05, 0.1) is 10.7 Å². The normalized spacial score (nSPS) is 10.7. The van der Waals surface area contributed by atoms with Gasteiger partial charge in [-0.05, 0) is 20.8 Å². The van der Waals surface area contributed by atoms with Gasteiger partial charge in [0.25, 0.3) is 0 Å². The lowest BCUT2D eigenvalue weighted by molar-refractivity contribution is 0.647. The summed E-state index contributed by atoms with van der Waals surface area (Å²) in [5.41, 5.74) is 1.75. The molecular weight excluding hydrogens is 250 g/mol. The van der Waals surface area contributed by atoms with Gasteiger partial charge in [-0.25, -0.2) is 9.97 Å². The van der Waals surface area contributed by atoms with Gasteiger partial charge in [-0.15, -0.1) is 0 Å². The second-order valence-electron chi connectivity index (χ2n) is 4.10. The zero-order chi connectivity index (χ0) is 13.1. The van der Waals surface area contributed by atoms with E-state index in [4.69, 9.17) is 11.6 Å². The molecule has 0 radical (unpaired) electrons. The highest BCUT2D eigenvalue weighted by atomic mass is 35.5. The number of aryl methyl sites for hydroxylation is 2. The number of hydrogen-bond acceptors (Lipinski definition) is 4. The first-order valence-corrected chi connectivity index (χ1v) is 6.24. The smallest absolute Gasteiger partial charge is 0.152 e. The van der Waals surface area contributed by atoms with Gasteiger partial charge in [-0.3, -0.25) is 4.68 Å². The molecule has 5 nitrogen and oxygen atoms in total. The van der Waals surface area contributed by atoms with E-state index in [1.54, 1.807) is 10.9 Å². The number of hydrogen-bond donors (Lipinski definition) is 1. The third-order valence-electron chi connectivity index (χ3n) is 2.45. The third-order valence-corrected chi connectivity index (χ3v) is 2.82. The van der Waals surface area contributed by atoms with Crippen LogP contribution in [0.3, 0.4) is 0 Å². The molecule has 6 heteroatoms. The topological polar surface area (TPSA) is 55.6 Å². The van der Waals surface area contributed by atoms with Crippen molar-refractivity contribution in [2.24, 2.45) is 0 Å². The zero-order valence-electron chi connectivity index (χ0n) is 10.7. The van der Waals surface area contributed by atoms with Crippen LogP contribution < -0.4 is 5.32 Å². The molecule has 0 aliphatic carbocycles. The largest absolute Gasteiger partial charge is 0.370 e. The Bertz CT molecular complexity index is 530. The van der Waals surface area contributed by atoms with Crippen molar-refractivity contribution in [3.8, 4) is 0 Å². The Morgan fingerprint density at radius 1 is 1.33 bits per heavy atom. The Morgan fingerprint density at radius 3 is 2.72 bits per heavy atom. The lowest BCUT2D eigenvalue weighted by atomic mass is 10.4. The third kappa shape index (κ3) is 2.98. The van der Waals surface area contributed by atoms with E-state index in [2.05, 4.69) is 20.4 Å². The predicted octanol–water partition coefficient (Wildman–Crippen LogP) is 2.42. The summed E-state index contributed by atoms with van der Waals surface area (Å²) < 4.78 is 1.75. The predicted molar refractivity (Wildman–Crippen MR) is 72.0 cm³/mol. The van der Waals surface area contributed by atoms with Crippen LogP contribution in [0.1, 0.15) is 24.1 Å². The van der Waals surface area contributed by atoms with E-state index in [0.717, 1.165) is 29.6 Å². The lowest BCUT2D eigenvalue weighted by Crippen LogP contribution is -2.09. The molecule has 0 unspecified atom stereocenters. The van der Waals surface area contributed by atoms with Crippen LogP contribution in [0.4, 0.5) is 5.82 Å². The molecule has 0 spiro atoms. The summed E-state index contributed by atoms with van der Waals surface area (Å²) in [6.45, 7) is 7.22. The number of rotatable bonds is 4. The molecule has 18 heavy (non-hydrogen) atoms. The molecule has 0 saturated heterocycles. The minimum Gasteiger partial charge on any atom is -0.370 e. The fourth-order valence-corrected chi connectivity index (χ4v) is 1.84. The minimum atomic E-state index is 0.521. The number of aromatic nitrogens is 4. The minimum absolute atomic E-state index is 0.521. The van der Waals surface area contributed by atoms with Gasteiger partial charge < -0.3 is 5.32 Å². The Kier molecular flexibility index (Phi) is 3.81. The highest BCUT2D eigenvalue weighted by Gasteiger charge is 2.06. The van der Waals surface area contributed by atoms with E-state index in [-0.39, 0.29) is 0 Å². The highest BCUT2D eigenvalue weighted by molar-refractivity contribution is 6.31. The molecule has 0 aromatic carbocycles. The van der Waals surface area contributed by atoms with Crippen LogP contribution in [0.25, 0.3) is 0 Å². The highest BCUT2D eigenvalue weighted by Crippen LogP contribution is 2.13. The van der Waals surface area contributed by atoms with Crippen LogP contribution in [0.15, 0.2) is 12.3 Å². The Morgan fingerprint density at radius 2 is 2.11 bits per heavy atom. The second-order valence-corrected chi connectivity index (χ2v) is 4.51. The number of nitrogens with zero attached hydrogens (tertiary/aromatic N) is 4. The van der Waals surface area contributed by atoms with Crippen LogP contribution in [-0.2, 0) is 6.54 Å². The molecule has 0 bridgehead atoms. The van der Waals surface area contributed by atoms with Crippen molar-refractivity contribution in [3.05, 3.63) is 34.5 Å². The molecular formula is C12H16ClN5. The summed E-state index contributed by atoms with van der Waals surface area (Å²) in [6, 6.07) is 1.92. The van der Waals surface area contributed by atoms with Gasteiger partial charge in [-0.2, -0.15) is 5.10 Å². The number of anilines is 1. The van der Waals surface area contributed by atoms with E-state index in [9.17, 15) is 0 Å². The van der Waals surface area contributed by atoms with E-state index in [1.807, 2.05) is 26.8 Å². The Hall–Kier alpha value is -1.62. The quantitative estimate of drug-likeness (QED) is 0.922. The maximum absolute atomic E-state index is 5.97. The second kappa shape index (κ2) is 5.35. The molecule has 2 heterocycles. The Labute approximate surface area is 111 Å². The fourth-order valence-electron chi connectivity index (χ4n) is 1.69. The average molecular weight is 266 g/mol. The number of halogens is 1. The molecule has 0 aliphatic heterocycles. The van der Waals surface area contributed by atoms with Gasteiger partial charge in [0, 0.05) is 24.5 Å². The first kappa shape index (κ1) is 12.8. The van der Waals surface area contributed by atoms with Crippen molar-refractivity contribution in [1.82, 2.24) is 19.7 Å².